The lowest BCUT2D eigenvalue weighted by Crippen LogP contribution is -2.62. The van der Waals surface area contributed by atoms with Crippen LogP contribution in [0.25, 0.3) is 0 Å². The molecule has 2 saturated heterocycles. The number of nitrogens with two attached hydrogens (primary N) is 1. The molecule has 4 heteroatoms. The molecule has 2 heterocycles. The largest absolute Gasteiger partial charge is 0.384 e. The van der Waals surface area contributed by atoms with Crippen LogP contribution in [0, 0.1) is 5.92 Å². The first kappa shape index (κ1) is 15.2. The van der Waals surface area contributed by atoms with E-state index in [1.54, 1.807) is 7.11 Å². The molecule has 0 amide bonds. The number of nitrogens with zero attached hydrogens (tertiary/aromatic N) is 1. The van der Waals surface area contributed by atoms with Crippen molar-refractivity contribution >= 4 is 0 Å². The van der Waals surface area contributed by atoms with Gasteiger partial charge in [-0.2, -0.15) is 0 Å². The quantitative estimate of drug-likeness (QED) is 0.843. The Labute approximate surface area is 117 Å². The second kappa shape index (κ2) is 6.53. The normalized spacial score (nSPS) is 41.4. The minimum atomic E-state index is 0.142. The van der Waals surface area contributed by atoms with Crippen molar-refractivity contribution in [1.29, 1.82) is 0 Å². The Hall–Kier alpha value is -0.160. The third kappa shape index (κ3) is 3.48. The van der Waals surface area contributed by atoms with Gasteiger partial charge < -0.3 is 15.2 Å². The molecule has 0 radical (unpaired) electrons. The molecule has 0 aliphatic carbocycles. The van der Waals surface area contributed by atoms with Crippen LogP contribution in [0.1, 0.15) is 39.5 Å². The van der Waals surface area contributed by atoms with Gasteiger partial charge in [0.05, 0.1) is 18.8 Å². The zero-order valence-corrected chi connectivity index (χ0v) is 12.7. The van der Waals surface area contributed by atoms with E-state index in [1.807, 2.05) is 0 Å². The molecule has 4 nitrogen and oxygen atoms in total. The predicted molar refractivity (Wildman–Crippen MR) is 77.2 cm³/mol. The van der Waals surface area contributed by atoms with Crippen molar-refractivity contribution < 1.29 is 9.47 Å². The second-order valence-electron chi connectivity index (χ2n) is 6.50. The SMILES string of the molecule is COCC1CCCN(C2(CN)CC(C)OC(C)C2)C1. The first-order valence-electron chi connectivity index (χ1n) is 7.69. The maximum Gasteiger partial charge on any atom is 0.0568 e. The number of ether oxygens (including phenoxy) is 2. The zero-order valence-electron chi connectivity index (χ0n) is 12.7. The predicted octanol–water partition coefficient (Wildman–Crippen LogP) is 1.63. The van der Waals surface area contributed by atoms with Gasteiger partial charge in [0.25, 0.3) is 0 Å². The molecule has 0 aromatic carbocycles. The van der Waals surface area contributed by atoms with Crippen molar-refractivity contribution in [2.45, 2.75) is 57.3 Å². The van der Waals surface area contributed by atoms with Gasteiger partial charge in [-0.05, 0) is 52.0 Å². The van der Waals surface area contributed by atoms with Gasteiger partial charge in [0.15, 0.2) is 0 Å². The maximum atomic E-state index is 6.18. The topological polar surface area (TPSA) is 47.7 Å². The van der Waals surface area contributed by atoms with Crippen LogP contribution >= 0.6 is 0 Å². The zero-order chi connectivity index (χ0) is 13.9. The Morgan fingerprint density at radius 3 is 2.58 bits per heavy atom. The van der Waals surface area contributed by atoms with Crippen LogP contribution in [0.3, 0.4) is 0 Å². The molecule has 3 atom stereocenters. The third-order valence-corrected chi connectivity index (χ3v) is 4.77. The Bertz CT molecular complexity index is 273. The molecule has 0 aromatic heterocycles. The number of hydrogen-bond donors (Lipinski definition) is 1. The van der Waals surface area contributed by atoms with Crippen molar-refractivity contribution in [1.82, 2.24) is 4.90 Å². The molecular weight excluding hydrogens is 240 g/mol. The lowest BCUT2D eigenvalue weighted by atomic mass is 9.80. The van der Waals surface area contributed by atoms with Gasteiger partial charge in [0.1, 0.15) is 0 Å². The van der Waals surface area contributed by atoms with E-state index in [0.29, 0.717) is 18.1 Å². The molecule has 0 bridgehead atoms. The molecule has 2 aliphatic rings. The van der Waals surface area contributed by atoms with Crippen LogP contribution in [-0.2, 0) is 9.47 Å². The number of methoxy groups -OCH3 is 1. The van der Waals surface area contributed by atoms with Crippen molar-refractivity contribution in [3.8, 4) is 0 Å². The van der Waals surface area contributed by atoms with Crippen LogP contribution in [-0.4, -0.2) is 56.0 Å². The molecule has 0 aromatic rings. The highest BCUT2D eigenvalue weighted by Gasteiger charge is 2.43. The molecular formula is C15H30N2O2. The molecule has 112 valence electrons. The molecule has 19 heavy (non-hydrogen) atoms. The number of hydrogen-bond acceptors (Lipinski definition) is 4. The van der Waals surface area contributed by atoms with Gasteiger partial charge in [-0.15, -0.1) is 0 Å². The van der Waals surface area contributed by atoms with Gasteiger partial charge in [-0.3, -0.25) is 4.90 Å². The highest BCUT2D eigenvalue weighted by atomic mass is 16.5. The smallest absolute Gasteiger partial charge is 0.0568 e. The molecule has 0 spiro atoms. The summed E-state index contributed by atoms with van der Waals surface area (Å²) < 4.78 is 11.2. The summed E-state index contributed by atoms with van der Waals surface area (Å²) in [7, 11) is 1.80. The van der Waals surface area contributed by atoms with E-state index >= 15 is 0 Å². The Morgan fingerprint density at radius 2 is 2.00 bits per heavy atom. The van der Waals surface area contributed by atoms with Gasteiger partial charge in [-0.1, -0.05) is 0 Å². The first-order valence-corrected chi connectivity index (χ1v) is 7.69. The molecule has 2 aliphatic heterocycles. The summed E-state index contributed by atoms with van der Waals surface area (Å²) in [6.45, 7) is 8.28. The second-order valence-corrected chi connectivity index (χ2v) is 6.50. The van der Waals surface area contributed by atoms with E-state index in [0.717, 1.165) is 32.5 Å². The average molecular weight is 270 g/mol. The Balaban J connectivity index is 2.07. The average Bonchev–Trinajstić information content (AvgIpc) is 2.38. The Kier molecular flexibility index (Phi) is 5.23. The molecule has 0 saturated carbocycles. The number of piperidine rings is 1. The van der Waals surface area contributed by atoms with Crippen LogP contribution in [0.4, 0.5) is 0 Å². The van der Waals surface area contributed by atoms with Crippen LogP contribution in [0.15, 0.2) is 0 Å². The summed E-state index contributed by atoms with van der Waals surface area (Å²) in [5.41, 5.74) is 6.33. The van der Waals surface area contributed by atoms with Gasteiger partial charge >= 0.3 is 0 Å². The van der Waals surface area contributed by atoms with E-state index in [4.69, 9.17) is 15.2 Å². The van der Waals surface area contributed by atoms with Crippen molar-refractivity contribution in [2.24, 2.45) is 11.7 Å². The van der Waals surface area contributed by atoms with E-state index in [2.05, 4.69) is 18.7 Å². The molecule has 2 N–H and O–H groups in total. The summed E-state index contributed by atoms with van der Waals surface area (Å²) >= 11 is 0. The maximum absolute atomic E-state index is 6.18. The summed E-state index contributed by atoms with van der Waals surface area (Å²) in [6, 6.07) is 0. The van der Waals surface area contributed by atoms with Crippen molar-refractivity contribution in [2.75, 3.05) is 33.4 Å². The van der Waals surface area contributed by atoms with Crippen molar-refractivity contribution in [3.63, 3.8) is 0 Å². The number of rotatable bonds is 4. The number of likely N-dealkylation sites (tertiary alicyclic amines) is 1. The lowest BCUT2D eigenvalue weighted by Gasteiger charge is -2.52. The fraction of sp³-hybridized carbons (Fsp3) is 1.00. The molecule has 2 rings (SSSR count). The summed E-state index contributed by atoms with van der Waals surface area (Å²) in [6.07, 6.45) is 5.30. The van der Waals surface area contributed by atoms with Gasteiger partial charge in [-0.25, -0.2) is 0 Å². The molecule has 2 fully saturated rings. The summed E-state index contributed by atoms with van der Waals surface area (Å²) in [5, 5.41) is 0. The van der Waals surface area contributed by atoms with Gasteiger partial charge in [0.2, 0.25) is 0 Å². The van der Waals surface area contributed by atoms with Crippen LogP contribution in [0.5, 0.6) is 0 Å². The summed E-state index contributed by atoms with van der Waals surface area (Å²) in [5.74, 6) is 0.663. The highest BCUT2D eigenvalue weighted by molar-refractivity contribution is 4.99. The minimum absolute atomic E-state index is 0.142. The highest BCUT2D eigenvalue weighted by Crippen LogP contribution is 2.36. The van der Waals surface area contributed by atoms with Gasteiger partial charge in [0, 0.05) is 25.7 Å². The minimum Gasteiger partial charge on any atom is -0.384 e. The van der Waals surface area contributed by atoms with E-state index in [-0.39, 0.29) is 5.54 Å². The standard InChI is InChI=1S/C15H30N2O2/c1-12-7-15(11-16,8-13(2)19-12)17-6-4-5-14(9-17)10-18-3/h12-14H,4-11,16H2,1-3H3. The third-order valence-electron chi connectivity index (χ3n) is 4.77. The van der Waals surface area contributed by atoms with Crippen LogP contribution in [0.2, 0.25) is 0 Å². The van der Waals surface area contributed by atoms with Crippen LogP contribution < -0.4 is 5.73 Å². The molecule has 3 unspecified atom stereocenters. The fourth-order valence-electron chi connectivity index (χ4n) is 4.07. The van der Waals surface area contributed by atoms with Crippen molar-refractivity contribution in [3.05, 3.63) is 0 Å². The van der Waals surface area contributed by atoms with E-state index < -0.39 is 0 Å². The Morgan fingerprint density at radius 1 is 1.32 bits per heavy atom. The first-order chi connectivity index (χ1) is 9.09. The monoisotopic (exact) mass is 270 g/mol. The van der Waals surface area contributed by atoms with E-state index in [1.165, 1.54) is 19.4 Å². The van der Waals surface area contributed by atoms with E-state index in [9.17, 15) is 0 Å². The lowest BCUT2D eigenvalue weighted by molar-refractivity contribution is -0.112. The fourth-order valence-corrected chi connectivity index (χ4v) is 4.07. The summed E-state index contributed by atoms with van der Waals surface area (Å²) in [4.78, 5) is 2.63.